The van der Waals surface area contributed by atoms with Crippen molar-refractivity contribution in [3.63, 3.8) is 0 Å². The Morgan fingerprint density at radius 2 is 1.61 bits per heavy atom. The zero-order valence-corrected chi connectivity index (χ0v) is 17.8. The van der Waals surface area contributed by atoms with Gasteiger partial charge >= 0.3 is 0 Å². The van der Waals surface area contributed by atoms with Crippen LogP contribution in [0.15, 0.2) is 77.8 Å². The van der Waals surface area contributed by atoms with E-state index < -0.39 is 0 Å². The molecule has 1 N–H and O–H groups in total. The second-order valence-electron chi connectivity index (χ2n) is 7.12. The summed E-state index contributed by atoms with van der Waals surface area (Å²) in [6.45, 7) is 6.55. The summed E-state index contributed by atoms with van der Waals surface area (Å²) in [5, 5.41) is 11.7. The summed E-state index contributed by atoms with van der Waals surface area (Å²) in [5.41, 5.74) is 4.38. The van der Waals surface area contributed by atoms with Crippen LogP contribution in [0.25, 0.3) is 0 Å². The Bertz CT molecular complexity index is 946. The minimum atomic E-state index is -0.0735. The van der Waals surface area contributed by atoms with Crippen LogP contribution in [0, 0.1) is 6.92 Å². The zero-order chi connectivity index (χ0) is 20.0. The van der Waals surface area contributed by atoms with Gasteiger partial charge in [-0.05, 0) is 49.3 Å². The van der Waals surface area contributed by atoms with Gasteiger partial charge in [0, 0.05) is 22.5 Å². The molecule has 28 heavy (non-hydrogen) atoms. The van der Waals surface area contributed by atoms with E-state index in [-0.39, 0.29) is 5.16 Å². The first-order valence-electron chi connectivity index (χ1n) is 9.84. The molecule has 0 radical (unpaired) electrons. The van der Waals surface area contributed by atoms with E-state index in [2.05, 4.69) is 50.0 Å². The maximum absolute atomic E-state index is 10.5. The minimum absolute atomic E-state index is 0.0735. The third-order valence-corrected chi connectivity index (χ3v) is 7.50. The molecule has 0 saturated heterocycles. The number of phenolic OH excluding ortho intramolecular Hbond substituents is 1. The molecule has 0 aliphatic carbocycles. The molecule has 1 unspecified atom stereocenters. The van der Waals surface area contributed by atoms with Gasteiger partial charge in [0.1, 0.15) is 5.75 Å². The number of aromatic hydroxyl groups is 1. The maximum atomic E-state index is 10.5. The van der Waals surface area contributed by atoms with E-state index in [4.69, 9.17) is 0 Å². The number of hydrogen-bond acceptors (Lipinski definition) is 2. The van der Waals surface area contributed by atoms with Gasteiger partial charge in [0.25, 0.3) is 0 Å². The van der Waals surface area contributed by atoms with Crippen LogP contribution in [-0.4, -0.2) is 11.3 Å². The molecule has 3 aromatic carbocycles. The van der Waals surface area contributed by atoms with Crippen LogP contribution in [0.4, 0.5) is 5.69 Å². The van der Waals surface area contributed by atoms with E-state index in [0.717, 1.165) is 29.7 Å². The van der Waals surface area contributed by atoms with Crippen LogP contribution in [0.1, 0.15) is 43.4 Å². The molecular weight excluding hydrogens is 361 g/mol. The average molecular weight is 389 g/mol. The summed E-state index contributed by atoms with van der Waals surface area (Å²) in [4.78, 5) is 4.68. The molecule has 3 aromatic rings. The monoisotopic (exact) mass is 389 g/mol. The number of hydrogen-bond donors (Lipinski definition) is 1. The van der Waals surface area contributed by atoms with Crippen molar-refractivity contribution in [2.45, 2.75) is 38.8 Å². The van der Waals surface area contributed by atoms with Crippen LogP contribution in [0.3, 0.4) is 0 Å². The standard InChI is InChI=1S/C25H28NOP/c1-4-25(5-2,22-13-9-10-14-23(22)27)28-24-16-15-19(3)17-20(24)18-26-21-11-7-6-8-12-21/h6-18,27-28H,4-5H2,1-3H3/b26-18+. The molecule has 0 amide bonds. The van der Waals surface area contributed by atoms with E-state index >= 15 is 0 Å². The van der Waals surface area contributed by atoms with Gasteiger partial charge in [0.05, 0.1) is 5.69 Å². The van der Waals surface area contributed by atoms with Crippen LogP contribution in [-0.2, 0) is 5.16 Å². The van der Waals surface area contributed by atoms with Crippen molar-refractivity contribution in [2.24, 2.45) is 4.99 Å². The van der Waals surface area contributed by atoms with Gasteiger partial charge in [-0.25, -0.2) is 0 Å². The topological polar surface area (TPSA) is 32.6 Å². The highest BCUT2D eigenvalue weighted by Crippen LogP contribution is 2.49. The summed E-state index contributed by atoms with van der Waals surface area (Å²) < 4.78 is 0. The summed E-state index contributed by atoms with van der Waals surface area (Å²) in [6.07, 6.45) is 3.93. The molecule has 0 aliphatic rings. The van der Waals surface area contributed by atoms with Crippen molar-refractivity contribution in [2.75, 3.05) is 0 Å². The highest BCUT2D eigenvalue weighted by molar-refractivity contribution is 7.48. The summed E-state index contributed by atoms with van der Waals surface area (Å²) >= 11 is 0. The van der Waals surface area contributed by atoms with Gasteiger partial charge in [0.15, 0.2) is 0 Å². The normalized spacial score (nSPS) is 12.2. The smallest absolute Gasteiger partial charge is 0.119 e. The average Bonchev–Trinajstić information content (AvgIpc) is 2.73. The van der Waals surface area contributed by atoms with E-state index in [1.165, 1.54) is 10.9 Å². The Labute approximate surface area is 170 Å². The third-order valence-electron chi connectivity index (χ3n) is 5.32. The fraction of sp³-hybridized carbons (Fsp3) is 0.240. The molecule has 2 nitrogen and oxygen atoms in total. The van der Waals surface area contributed by atoms with E-state index in [1.54, 1.807) is 6.07 Å². The molecule has 3 rings (SSSR count). The number of benzene rings is 3. The second-order valence-corrected chi connectivity index (χ2v) is 8.86. The lowest BCUT2D eigenvalue weighted by molar-refractivity contribution is 0.448. The van der Waals surface area contributed by atoms with Crippen molar-refractivity contribution in [1.29, 1.82) is 0 Å². The Balaban J connectivity index is 2.01. The molecule has 144 valence electrons. The Morgan fingerprint density at radius 1 is 0.929 bits per heavy atom. The van der Waals surface area contributed by atoms with Gasteiger partial charge < -0.3 is 5.11 Å². The third kappa shape index (κ3) is 4.51. The number of nitrogens with zero attached hydrogens (tertiary/aromatic N) is 1. The Morgan fingerprint density at radius 3 is 2.29 bits per heavy atom. The summed E-state index contributed by atoms with van der Waals surface area (Å²) in [7, 11) is 0.551. The first kappa shape index (κ1) is 20.3. The molecule has 0 heterocycles. The lowest BCUT2D eigenvalue weighted by Gasteiger charge is -2.33. The van der Waals surface area contributed by atoms with Crippen molar-refractivity contribution >= 4 is 25.8 Å². The van der Waals surface area contributed by atoms with Gasteiger partial charge in [-0.1, -0.05) is 76.5 Å². The first-order valence-corrected chi connectivity index (χ1v) is 10.8. The Kier molecular flexibility index (Phi) is 6.65. The van der Waals surface area contributed by atoms with E-state index in [0.29, 0.717) is 14.3 Å². The first-order chi connectivity index (χ1) is 13.6. The fourth-order valence-corrected chi connectivity index (χ4v) is 5.23. The van der Waals surface area contributed by atoms with Crippen molar-refractivity contribution in [3.8, 4) is 5.75 Å². The fourth-order valence-electron chi connectivity index (χ4n) is 3.57. The lowest BCUT2D eigenvalue weighted by atomic mass is 9.92. The molecule has 0 spiro atoms. The molecule has 0 aliphatic heterocycles. The molecular formula is C25H28NOP. The van der Waals surface area contributed by atoms with Crippen LogP contribution in [0.5, 0.6) is 5.75 Å². The van der Waals surface area contributed by atoms with Gasteiger partial charge in [0.2, 0.25) is 0 Å². The predicted molar refractivity (Wildman–Crippen MR) is 123 cm³/mol. The quantitative estimate of drug-likeness (QED) is 0.364. The molecule has 0 bridgehead atoms. The molecule has 1 atom stereocenters. The number of aryl methyl sites for hydroxylation is 1. The number of para-hydroxylation sites is 2. The molecule has 0 fully saturated rings. The van der Waals surface area contributed by atoms with Crippen LogP contribution in [0.2, 0.25) is 0 Å². The molecule has 3 heteroatoms. The van der Waals surface area contributed by atoms with Crippen molar-refractivity contribution in [1.82, 2.24) is 0 Å². The lowest BCUT2D eigenvalue weighted by Crippen LogP contribution is -2.23. The van der Waals surface area contributed by atoms with Crippen molar-refractivity contribution in [3.05, 3.63) is 89.5 Å². The minimum Gasteiger partial charge on any atom is -0.508 e. The van der Waals surface area contributed by atoms with E-state index in [1.807, 2.05) is 48.7 Å². The highest BCUT2D eigenvalue weighted by Gasteiger charge is 2.31. The molecule has 0 saturated carbocycles. The zero-order valence-electron chi connectivity index (χ0n) is 16.8. The van der Waals surface area contributed by atoms with Crippen LogP contribution < -0.4 is 5.30 Å². The summed E-state index contributed by atoms with van der Waals surface area (Å²) in [5.74, 6) is 0.394. The van der Waals surface area contributed by atoms with Gasteiger partial charge in [-0.15, -0.1) is 0 Å². The summed E-state index contributed by atoms with van der Waals surface area (Å²) in [6, 6.07) is 24.4. The SMILES string of the molecule is CCC(CC)(Pc1ccc(C)cc1/C=N/c1ccccc1)c1ccccc1O. The highest BCUT2D eigenvalue weighted by atomic mass is 31.1. The maximum Gasteiger partial charge on any atom is 0.119 e. The van der Waals surface area contributed by atoms with Crippen LogP contribution >= 0.6 is 8.58 Å². The number of phenols is 1. The van der Waals surface area contributed by atoms with Crippen molar-refractivity contribution < 1.29 is 5.11 Å². The largest absolute Gasteiger partial charge is 0.508 e. The molecule has 0 aromatic heterocycles. The Hall–Kier alpha value is -2.44. The van der Waals surface area contributed by atoms with E-state index in [9.17, 15) is 5.11 Å². The number of aliphatic imine (C=N–C) groups is 1. The predicted octanol–water partition coefficient (Wildman–Crippen LogP) is 6.47. The number of rotatable bonds is 7. The van der Waals surface area contributed by atoms with Gasteiger partial charge in [-0.3, -0.25) is 4.99 Å². The van der Waals surface area contributed by atoms with Gasteiger partial charge in [-0.2, -0.15) is 0 Å². The second kappa shape index (κ2) is 9.17.